The summed E-state index contributed by atoms with van der Waals surface area (Å²) < 4.78 is 26.2. The summed E-state index contributed by atoms with van der Waals surface area (Å²) in [6.07, 6.45) is 5.47. The molecule has 0 aliphatic carbocycles. The molecule has 0 saturated heterocycles. The van der Waals surface area contributed by atoms with E-state index in [9.17, 15) is 8.78 Å². The molecule has 2 rings (SSSR count). The van der Waals surface area contributed by atoms with Gasteiger partial charge in [0, 0.05) is 24.5 Å². The van der Waals surface area contributed by atoms with E-state index in [1.54, 1.807) is 12.4 Å². The van der Waals surface area contributed by atoms with Gasteiger partial charge < -0.3 is 5.73 Å². The van der Waals surface area contributed by atoms with E-state index in [0.29, 0.717) is 12.0 Å². The molecule has 19 heavy (non-hydrogen) atoms. The number of benzene rings is 1. The van der Waals surface area contributed by atoms with Crippen LogP contribution < -0.4 is 5.73 Å². The van der Waals surface area contributed by atoms with Gasteiger partial charge in [0.2, 0.25) is 0 Å². The summed E-state index contributed by atoms with van der Waals surface area (Å²) in [5, 5.41) is 0. The lowest BCUT2D eigenvalue weighted by molar-refractivity contribution is 0.548. The van der Waals surface area contributed by atoms with Crippen LogP contribution in [0.25, 0.3) is 0 Å². The van der Waals surface area contributed by atoms with Crippen molar-refractivity contribution >= 4 is 0 Å². The predicted octanol–water partition coefficient (Wildman–Crippen LogP) is 2.86. The van der Waals surface area contributed by atoms with Crippen molar-refractivity contribution in [3.63, 3.8) is 0 Å². The van der Waals surface area contributed by atoms with Crippen LogP contribution in [0.15, 0.2) is 42.7 Å². The van der Waals surface area contributed by atoms with Crippen LogP contribution in [-0.2, 0) is 12.8 Å². The van der Waals surface area contributed by atoms with Crippen LogP contribution in [0.4, 0.5) is 8.78 Å². The van der Waals surface area contributed by atoms with Gasteiger partial charge in [0.15, 0.2) is 0 Å². The normalized spacial score (nSPS) is 12.4. The average molecular weight is 262 g/mol. The Morgan fingerprint density at radius 2 is 2.05 bits per heavy atom. The first-order valence-electron chi connectivity index (χ1n) is 6.23. The molecule has 1 atom stereocenters. The number of nitrogens with zero attached hydrogens (tertiary/aromatic N) is 1. The predicted molar refractivity (Wildman–Crippen MR) is 70.6 cm³/mol. The molecule has 1 aromatic heterocycles. The van der Waals surface area contributed by atoms with E-state index in [0.717, 1.165) is 24.5 Å². The molecular formula is C15H16F2N2. The number of halogens is 2. The lowest BCUT2D eigenvalue weighted by Crippen LogP contribution is -2.24. The highest BCUT2D eigenvalue weighted by atomic mass is 19.1. The van der Waals surface area contributed by atoms with Crippen LogP contribution in [0.1, 0.15) is 17.5 Å². The maximum Gasteiger partial charge on any atom is 0.129 e. The minimum Gasteiger partial charge on any atom is -0.327 e. The van der Waals surface area contributed by atoms with Crippen LogP contribution in [0, 0.1) is 11.6 Å². The van der Waals surface area contributed by atoms with Crippen molar-refractivity contribution in [2.24, 2.45) is 5.73 Å². The van der Waals surface area contributed by atoms with E-state index in [1.807, 2.05) is 12.1 Å². The second-order valence-electron chi connectivity index (χ2n) is 4.60. The van der Waals surface area contributed by atoms with Crippen molar-refractivity contribution in [3.05, 3.63) is 65.5 Å². The number of pyridine rings is 1. The van der Waals surface area contributed by atoms with Gasteiger partial charge in [0.05, 0.1) is 0 Å². The highest BCUT2D eigenvalue weighted by Crippen LogP contribution is 2.13. The van der Waals surface area contributed by atoms with Gasteiger partial charge in [-0.15, -0.1) is 0 Å². The van der Waals surface area contributed by atoms with Crippen molar-refractivity contribution in [3.8, 4) is 0 Å². The van der Waals surface area contributed by atoms with E-state index in [-0.39, 0.29) is 6.04 Å². The zero-order chi connectivity index (χ0) is 13.7. The molecule has 0 aliphatic rings. The Morgan fingerprint density at radius 1 is 1.21 bits per heavy atom. The maximum atomic E-state index is 13.5. The Kier molecular flexibility index (Phi) is 4.58. The first-order chi connectivity index (χ1) is 9.15. The summed E-state index contributed by atoms with van der Waals surface area (Å²) in [5.74, 6) is -1.10. The highest BCUT2D eigenvalue weighted by molar-refractivity contribution is 5.19. The van der Waals surface area contributed by atoms with Crippen molar-refractivity contribution in [1.29, 1.82) is 0 Å². The zero-order valence-corrected chi connectivity index (χ0v) is 10.5. The van der Waals surface area contributed by atoms with Crippen molar-refractivity contribution in [2.45, 2.75) is 25.3 Å². The first kappa shape index (κ1) is 13.6. The van der Waals surface area contributed by atoms with Crippen LogP contribution >= 0.6 is 0 Å². The molecule has 0 amide bonds. The third kappa shape index (κ3) is 4.10. The maximum absolute atomic E-state index is 13.5. The fourth-order valence-corrected chi connectivity index (χ4v) is 1.97. The van der Waals surface area contributed by atoms with Crippen molar-refractivity contribution in [2.75, 3.05) is 0 Å². The van der Waals surface area contributed by atoms with Crippen LogP contribution in [0.3, 0.4) is 0 Å². The smallest absolute Gasteiger partial charge is 0.129 e. The van der Waals surface area contributed by atoms with Crippen LogP contribution in [0.5, 0.6) is 0 Å². The number of nitrogens with two attached hydrogens (primary N) is 1. The summed E-state index contributed by atoms with van der Waals surface area (Å²) in [5.41, 5.74) is 7.55. The fourth-order valence-electron chi connectivity index (χ4n) is 1.97. The molecule has 2 N–H and O–H groups in total. The van der Waals surface area contributed by atoms with Gasteiger partial charge in [-0.25, -0.2) is 8.78 Å². The minimum atomic E-state index is -0.565. The molecule has 0 saturated carbocycles. The second-order valence-corrected chi connectivity index (χ2v) is 4.60. The van der Waals surface area contributed by atoms with Crippen molar-refractivity contribution in [1.82, 2.24) is 4.98 Å². The van der Waals surface area contributed by atoms with Crippen molar-refractivity contribution < 1.29 is 8.78 Å². The average Bonchev–Trinajstić information content (AvgIpc) is 2.41. The molecule has 100 valence electrons. The molecular weight excluding hydrogens is 246 g/mol. The monoisotopic (exact) mass is 262 g/mol. The molecule has 0 fully saturated rings. The number of aromatic nitrogens is 1. The first-order valence-corrected chi connectivity index (χ1v) is 6.23. The van der Waals surface area contributed by atoms with E-state index in [2.05, 4.69) is 4.98 Å². The SMILES string of the molecule is NC(CCc1cccnc1)Cc1ccc(F)cc1F. The highest BCUT2D eigenvalue weighted by Gasteiger charge is 2.09. The summed E-state index contributed by atoms with van der Waals surface area (Å²) in [6, 6.07) is 7.31. The summed E-state index contributed by atoms with van der Waals surface area (Å²) in [6.45, 7) is 0. The van der Waals surface area contributed by atoms with E-state index < -0.39 is 11.6 Å². The number of hydrogen-bond acceptors (Lipinski definition) is 2. The Balaban J connectivity index is 1.89. The molecule has 1 unspecified atom stereocenters. The molecule has 0 radical (unpaired) electrons. The Bertz CT molecular complexity index is 529. The molecule has 1 heterocycles. The topological polar surface area (TPSA) is 38.9 Å². The van der Waals surface area contributed by atoms with Crippen LogP contribution in [-0.4, -0.2) is 11.0 Å². The zero-order valence-electron chi connectivity index (χ0n) is 10.5. The molecule has 4 heteroatoms. The lowest BCUT2D eigenvalue weighted by Gasteiger charge is -2.12. The van der Waals surface area contributed by atoms with Gasteiger partial charge in [0.25, 0.3) is 0 Å². The Morgan fingerprint density at radius 3 is 2.74 bits per heavy atom. The number of aryl methyl sites for hydroxylation is 1. The fraction of sp³-hybridized carbons (Fsp3) is 0.267. The summed E-state index contributed by atoms with van der Waals surface area (Å²) in [7, 11) is 0. The Hall–Kier alpha value is -1.81. The van der Waals surface area contributed by atoms with Gasteiger partial charge in [0.1, 0.15) is 11.6 Å². The van der Waals surface area contributed by atoms with Crippen LogP contribution in [0.2, 0.25) is 0 Å². The van der Waals surface area contributed by atoms with Gasteiger partial charge in [-0.05, 0) is 42.5 Å². The quantitative estimate of drug-likeness (QED) is 0.900. The second kappa shape index (κ2) is 6.38. The molecule has 0 spiro atoms. The van der Waals surface area contributed by atoms with Gasteiger partial charge in [-0.2, -0.15) is 0 Å². The summed E-state index contributed by atoms with van der Waals surface area (Å²) in [4.78, 5) is 4.03. The largest absolute Gasteiger partial charge is 0.327 e. The summed E-state index contributed by atoms with van der Waals surface area (Å²) >= 11 is 0. The standard InChI is InChI=1S/C15H16F2N2/c16-13-5-4-12(15(17)9-13)8-14(18)6-3-11-2-1-7-19-10-11/h1-2,4-5,7,9-10,14H,3,6,8,18H2. The number of hydrogen-bond donors (Lipinski definition) is 1. The van der Waals surface area contributed by atoms with Gasteiger partial charge in [-0.1, -0.05) is 12.1 Å². The molecule has 2 aromatic rings. The van der Waals surface area contributed by atoms with Gasteiger partial charge in [-0.3, -0.25) is 4.98 Å². The lowest BCUT2D eigenvalue weighted by atomic mass is 10.00. The third-order valence-corrected chi connectivity index (χ3v) is 3.02. The van der Waals surface area contributed by atoms with E-state index in [4.69, 9.17) is 5.73 Å². The van der Waals surface area contributed by atoms with Gasteiger partial charge >= 0.3 is 0 Å². The van der Waals surface area contributed by atoms with E-state index in [1.165, 1.54) is 12.1 Å². The minimum absolute atomic E-state index is 0.153. The van der Waals surface area contributed by atoms with E-state index >= 15 is 0 Å². The Labute approximate surface area is 111 Å². The molecule has 0 bridgehead atoms. The third-order valence-electron chi connectivity index (χ3n) is 3.02. The number of rotatable bonds is 5. The molecule has 2 nitrogen and oxygen atoms in total. The molecule has 1 aromatic carbocycles. The molecule has 0 aliphatic heterocycles.